The fourth-order valence-corrected chi connectivity index (χ4v) is 3.67. The molecule has 1 N–H and O–H groups in total. The Labute approximate surface area is 176 Å². The third kappa shape index (κ3) is 4.60. The van der Waals surface area contributed by atoms with Gasteiger partial charge in [0.2, 0.25) is 0 Å². The molecule has 2 aromatic carbocycles. The van der Waals surface area contributed by atoms with Gasteiger partial charge in [0.25, 0.3) is 5.91 Å². The Morgan fingerprint density at radius 1 is 1.07 bits per heavy atom. The first-order valence-electron chi connectivity index (χ1n) is 9.80. The number of aryl methyl sites for hydroxylation is 2. The average Bonchev–Trinajstić information content (AvgIpc) is 2.67. The highest BCUT2D eigenvalue weighted by atomic mass is 35.5. The maximum absolute atomic E-state index is 13.2. The van der Waals surface area contributed by atoms with Crippen LogP contribution < -0.4 is 10.7 Å². The van der Waals surface area contributed by atoms with Gasteiger partial charge in [-0.1, -0.05) is 49.2 Å². The van der Waals surface area contributed by atoms with Crippen molar-refractivity contribution in [3.8, 4) is 5.69 Å². The Bertz CT molecular complexity index is 1100. The van der Waals surface area contributed by atoms with E-state index >= 15 is 0 Å². The number of carbonyl (C=O) groups excluding carboxylic acids is 1. The highest BCUT2D eigenvalue weighted by Gasteiger charge is 2.21. The second kappa shape index (κ2) is 9.10. The summed E-state index contributed by atoms with van der Waals surface area (Å²) in [7, 11) is 0. The summed E-state index contributed by atoms with van der Waals surface area (Å²) in [5, 5.41) is 3.52. The lowest BCUT2D eigenvalue weighted by atomic mass is 10.0. The standard InChI is InChI=1S/C24H25ClN2O2/c1-4-5-13-21-23(24(29)26-20-12-7-6-9-16(20)2)22(28)14-17(3)27(21)19-11-8-10-18(25)15-19/h6-12,14-15H,4-5,13H2,1-3H3,(H,26,29). The molecule has 0 spiro atoms. The summed E-state index contributed by atoms with van der Waals surface area (Å²) in [6.07, 6.45) is 2.45. The largest absolute Gasteiger partial charge is 0.322 e. The predicted octanol–water partition coefficient (Wildman–Crippen LogP) is 5.70. The molecule has 150 valence electrons. The summed E-state index contributed by atoms with van der Waals surface area (Å²) < 4.78 is 1.97. The van der Waals surface area contributed by atoms with Gasteiger partial charge < -0.3 is 9.88 Å². The van der Waals surface area contributed by atoms with Crippen LogP contribution in [0.1, 0.15) is 47.1 Å². The zero-order valence-corrected chi connectivity index (χ0v) is 17.7. The fraction of sp³-hybridized carbons (Fsp3) is 0.250. The quantitative estimate of drug-likeness (QED) is 0.568. The van der Waals surface area contributed by atoms with Crippen LogP contribution in [-0.4, -0.2) is 10.5 Å². The number of nitrogens with zero attached hydrogens (tertiary/aromatic N) is 1. The molecule has 0 atom stereocenters. The fourth-order valence-electron chi connectivity index (χ4n) is 3.49. The van der Waals surface area contributed by atoms with E-state index in [1.165, 1.54) is 6.07 Å². The molecule has 29 heavy (non-hydrogen) atoms. The molecule has 0 unspecified atom stereocenters. The number of carbonyl (C=O) groups is 1. The number of hydrogen-bond donors (Lipinski definition) is 1. The third-order valence-electron chi connectivity index (χ3n) is 4.95. The predicted molar refractivity (Wildman–Crippen MR) is 120 cm³/mol. The Balaban J connectivity index is 2.17. The molecule has 1 heterocycles. The van der Waals surface area contributed by atoms with Crippen LogP contribution in [0.4, 0.5) is 5.69 Å². The minimum atomic E-state index is -0.383. The molecule has 4 nitrogen and oxygen atoms in total. The Kier molecular flexibility index (Phi) is 6.55. The molecule has 0 aliphatic rings. The van der Waals surface area contributed by atoms with E-state index in [4.69, 9.17) is 11.6 Å². The van der Waals surface area contributed by atoms with E-state index in [1.807, 2.05) is 60.9 Å². The van der Waals surface area contributed by atoms with E-state index in [-0.39, 0.29) is 16.9 Å². The number of amides is 1. The number of para-hydroxylation sites is 1. The van der Waals surface area contributed by atoms with Gasteiger partial charge in [-0.25, -0.2) is 0 Å². The number of halogens is 1. The number of anilines is 1. The van der Waals surface area contributed by atoms with Crippen LogP contribution >= 0.6 is 11.6 Å². The van der Waals surface area contributed by atoms with Crippen molar-refractivity contribution in [3.05, 3.63) is 92.4 Å². The van der Waals surface area contributed by atoms with Gasteiger partial charge in [-0.2, -0.15) is 0 Å². The Morgan fingerprint density at radius 2 is 1.83 bits per heavy atom. The molecular weight excluding hydrogens is 384 g/mol. The van der Waals surface area contributed by atoms with Crippen molar-refractivity contribution >= 4 is 23.2 Å². The summed E-state index contributed by atoms with van der Waals surface area (Å²) >= 11 is 6.21. The van der Waals surface area contributed by atoms with Gasteiger partial charge >= 0.3 is 0 Å². The SMILES string of the molecule is CCCCc1c(C(=O)Nc2ccccc2C)c(=O)cc(C)n1-c1cccc(Cl)c1. The van der Waals surface area contributed by atoms with Crippen molar-refractivity contribution in [1.82, 2.24) is 4.57 Å². The average molecular weight is 409 g/mol. The number of nitrogens with one attached hydrogen (secondary N) is 1. The van der Waals surface area contributed by atoms with E-state index < -0.39 is 0 Å². The highest BCUT2D eigenvalue weighted by Crippen LogP contribution is 2.23. The first-order chi connectivity index (χ1) is 13.9. The second-order valence-corrected chi connectivity index (χ2v) is 7.60. The van der Waals surface area contributed by atoms with Gasteiger partial charge in [-0.15, -0.1) is 0 Å². The summed E-state index contributed by atoms with van der Waals surface area (Å²) in [5.74, 6) is -0.383. The number of benzene rings is 2. The van der Waals surface area contributed by atoms with Crippen LogP contribution in [-0.2, 0) is 6.42 Å². The molecule has 1 aromatic heterocycles. The van der Waals surface area contributed by atoms with Crippen LogP contribution in [0, 0.1) is 13.8 Å². The molecule has 3 rings (SSSR count). The minimum absolute atomic E-state index is 0.187. The van der Waals surface area contributed by atoms with Crippen LogP contribution in [0.15, 0.2) is 59.4 Å². The maximum Gasteiger partial charge on any atom is 0.261 e. The zero-order chi connectivity index (χ0) is 21.0. The van der Waals surface area contributed by atoms with Crippen LogP contribution in [0.5, 0.6) is 0 Å². The van der Waals surface area contributed by atoms with E-state index in [0.717, 1.165) is 29.8 Å². The summed E-state index contributed by atoms with van der Waals surface area (Å²) in [6.45, 7) is 5.89. The van der Waals surface area contributed by atoms with Crippen LogP contribution in [0.2, 0.25) is 5.02 Å². The summed E-state index contributed by atoms with van der Waals surface area (Å²) in [6, 6.07) is 16.5. The molecule has 0 bridgehead atoms. The van der Waals surface area contributed by atoms with Gasteiger partial charge in [0.1, 0.15) is 5.56 Å². The van der Waals surface area contributed by atoms with Gasteiger partial charge in [-0.05, 0) is 56.5 Å². The lowest BCUT2D eigenvalue weighted by molar-refractivity contribution is 0.102. The van der Waals surface area contributed by atoms with Crippen molar-refractivity contribution in [2.24, 2.45) is 0 Å². The van der Waals surface area contributed by atoms with Crippen molar-refractivity contribution < 1.29 is 4.79 Å². The molecule has 5 heteroatoms. The van der Waals surface area contributed by atoms with Crippen molar-refractivity contribution in [3.63, 3.8) is 0 Å². The van der Waals surface area contributed by atoms with Crippen molar-refractivity contribution in [2.45, 2.75) is 40.0 Å². The van der Waals surface area contributed by atoms with Crippen LogP contribution in [0.3, 0.4) is 0 Å². The summed E-state index contributed by atoms with van der Waals surface area (Å²) in [4.78, 5) is 26.1. The molecule has 3 aromatic rings. The van der Waals surface area contributed by atoms with Crippen LogP contribution in [0.25, 0.3) is 5.69 Å². The van der Waals surface area contributed by atoms with E-state index in [2.05, 4.69) is 12.2 Å². The highest BCUT2D eigenvalue weighted by molar-refractivity contribution is 6.30. The molecule has 0 radical (unpaired) electrons. The zero-order valence-electron chi connectivity index (χ0n) is 17.0. The molecule has 1 amide bonds. The lowest BCUT2D eigenvalue weighted by Gasteiger charge is -2.20. The van der Waals surface area contributed by atoms with E-state index in [1.54, 1.807) is 6.07 Å². The number of rotatable bonds is 6. The molecule has 0 fully saturated rings. The first kappa shape index (κ1) is 20.9. The smallest absolute Gasteiger partial charge is 0.261 e. The van der Waals surface area contributed by atoms with E-state index in [0.29, 0.717) is 22.8 Å². The van der Waals surface area contributed by atoms with Gasteiger partial charge in [0, 0.05) is 33.9 Å². The first-order valence-corrected chi connectivity index (χ1v) is 10.2. The monoisotopic (exact) mass is 408 g/mol. The van der Waals surface area contributed by atoms with Crippen molar-refractivity contribution in [2.75, 3.05) is 5.32 Å². The molecular formula is C24H25ClN2O2. The Morgan fingerprint density at radius 3 is 2.52 bits per heavy atom. The molecule has 0 saturated carbocycles. The maximum atomic E-state index is 13.2. The van der Waals surface area contributed by atoms with Gasteiger partial charge in [-0.3, -0.25) is 9.59 Å². The molecule has 0 saturated heterocycles. The second-order valence-electron chi connectivity index (χ2n) is 7.16. The normalized spacial score (nSPS) is 10.8. The molecule has 0 aliphatic heterocycles. The number of hydrogen-bond acceptors (Lipinski definition) is 2. The minimum Gasteiger partial charge on any atom is -0.322 e. The third-order valence-corrected chi connectivity index (χ3v) is 5.19. The number of aromatic nitrogens is 1. The number of pyridine rings is 1. The summed E-state index contributed by atoms with van der Waals surface area (Å²) in [5.41, 5.74) is 3.89. The topological polar surface area (TPSA) is 51.1 Å². The number of unbranched alkanes of at least 4 members (excludes halogenated alkanes) is 1. The van der Waals surface area contributed by atoms with Crippen molar-refractivity contribution in [1.29, 1.82) is 0 Å². The Hall–Kier alpha value is -2.85. The molecule has 0 aliphatic carbocycles. The van der Waals surface area contributed by atoms with Gasteiger partial charge in [0.05, 0.1) is 0 Å². The van der Waals surface area contributed by atoms with E-state index in [9.17, 15) is 9.59 Å². The van der Waals surface area contributed by atoms with Gasteiger partial charge in [0.15, 0.2) is 5.43 Å². The lowest BCUT2D eigenvalue weighted by Crippen LogP contribution is -2.28.